The molecule has 5 nitrogen and oxygen atoms in total. The predicted octanol–water partition coefficient (Wildman–Crippen LogP) is 6.29. The molecule has 0 spiro atoms. The van der Waals surface area contributed by atoms with Crippen LogP contribution < -0.4 is 9.64 Å². The van der Waals surface area contributed by atoms with Gasteiger partial charge in [-0.05, 0) is 18.6 Å². The summed E-state index contributed by atoms with van der Waals surface area (Å²) in [4.78, 5) is 25.0. The van der Waals surface area contributed by atoms with Crippen molar-refractivity contribution >= 4 is 17.6 Å². The van der Waals surface area contributed by atoms with Gasteiger partial charge in [-0.25, -0.2) is 0 Å². The molecule has 1 amide bonds. The van der Waals surface area contributed by atoms with E-state index in [4.69, 9.17) is 9.47 Å². The van der Waals surface area contributed by atoms with Crippen LogP contribution in [-0.2, 0) is 14.3 Å². The Morgan fingerprint density at radius 1 is 0.833 bits per heavy atom. The molecule has 0 radical (unpaired) electrons. The minimum atomic E-state index is -0.457. The zero-order valence-electron chi connectivity index (χ0n) is 19.3. The van der Waals surface area contributed by atoms with Crippen molar-refractivity contribution in [3.8, 4) is 5.75 Å². The van der Waals surface area contributed by atoms with Crippen molar-refractivity contribution in [3.05, 3.63) is 24.3 Å². The van der Waals surface area contributed by atoms with E-state index in [1.807, 2.05) is 18.2 Å². The summed E-state index contributed by atoms with van der Waals surface area (Å²) >= 11 is 0. The Balaban J connectivity index is 2.24. The molecule has 0 saturated heterocycles. The van der Waals surface area contributed by atoms with Gasteiger partial charge in [-0.2, -0.15) is 0 Å². The lowest BCUT2D eigenvalue weighted by Gasteiger charge is -2.22. The molecule has 0 aliphatic carbocycles. The van der Waals surface area contributed by atoms with Crippen molar-refractivity contribution in [1.29, 1.82) is 0 Å². The second kappa shape index (κ2) is 16.7. The molecule has 30 heavy (non-hydrogen) atoms. The minimum absolute atomic E-state index is 0.120. The van der Waals surface area contributed by atoms with E-state index < -0.39 is 5.97 Å². The third-order valence-corrected chi connectivity index (χ3v) is 5.31. The topological polar surface area (TPSA) is 55.8 Å². The zero-order valence-corrected chi connectivity index (χ0v) is 19.3. The van der Waals surface area contributed by atoms with E-state index in [0.29, 0.717) is 18.0 Å². The molecule has 0 aliphatic rings. The molecule has 0 fully saturated rings. The summed E-state index contributed by atoms with van der Waals surface area (Å²) in [5.74, 6) is -0.0533. The number of ether oxygens (including phenoxy) is 2. The normalized spacial score (nSPS) is 10.6. The standard InChI is InChI=1S/C25H41NO4/c1-4-5-6-7-8-9-10-11-12-13-14-17-20-30-24-19-16-15-18-23(24)26(22(2)27)21-25(28)29-3/h15-16,18-19H,4-14,17,20-21H2,1-3H3. The quantitative estimate of drug-likeness (QED) is 0.220. The number of carbonyl (C=O) groups is 2. The summed E-state index contributed by atoms with van der Waals surface area (Å²) in [6.07, 6.45) is 15.6. The fraction of sp³-hybridized carbons (Fsp3) is 0.680. The minimum Gasteiger partial charge on any atom is -0.491 e. The van der Waals surface area contributed by atoms with Crippen LogP contribution >= 0.6 is 0 Å². The lowest BCUT2D eigenvalue weighted by Crippen LogP contribution is -2.34. The largest absolute Gasteiger partial charge is 0.491 e. The molecule has 0 unspecified atom stereocenters. The van der Waals surface area contributed by atoms with Crippen molar-refractivity contribution < 1.29 is 19.1 Å². The average Bonchev–Trinajstić information content (AvgIpc) is 2.75. The molecule has 0 bridgehead atoms. The van der Waals surface area contributed by atoms with Crippen LogP contribution in [0.5, 0.6) is 5.75 Å². The summed E-state index contributed by atoms with van der Waals surface area (Å²) < 4.78 is 10.6. The number of rotatable bonds is 17. The van der Waals surface area contributed by atoms with Crippen LogP contribution in [0.25, 0.3) is 0 Å². The summed E-state index contributed by atoms with van der Waals surface area (Å²) in [6.45, 7) is 4.18. The van der Waals surface area contributed by atoms with Crippen LogP contribution in [-0.4, -0.2) is 32.1 Å². The molecule has 0 atom stereocenters. The van der Waals surface area contributed by atoms with Crippen molar-refractivity contribution in [2.45, 2.75) is 90.9 Å². The highest BCUT2D eigenvalue weighted by Gasteiger charge is 2.19. The summed E-state index contributed by atoms with van der Waals surface area (Å²) in [7, 11) is 1.32. The number of hydrogen-bond acceptors (Lipinski definition) is 4. The first-order chi connectivity index (χ1) is 14.6. The van der Waals surface area contributed by atoms with Crippen LogP contribution in [0, 0.1) is 0 Å². The van der Waals surface area contributed by atoms with Crippen LogP contribution in [0.15, 0.2) is 24.3 Å². The molecule has 1 rings (SSSR count). The third kappa shape index (κ3) is 11.2. The summed E-state index contributed by atoms with van der Waals surface area (Å²) in [5, 5.41) is 0. The Morgan fingerprint density at radius 3 is 1.90 bits per heavy atom. The van der Waals surface area contributed by atoms with Gasteiger partial charge in [0.2, 0.25) is 5.91 Å². The number of anilines is 1. The van der Waals surface area contributed by atoms with Gasteiger partial charge in [-0.3, -0.25) is 14.5 Å². The van der Waals surface area contributed by atoms with Crippen LogP contribution in [0.4, 0.5) is 5.69 Å². The first-order valence-corrected chi connectivity index (χ1v) is 11.7. The van der Waals surface area contributed by atoms with E-state index in [1.165, 1.54) is 83.1 Å². The first-order valence-electron chi connectivity index (χ1n) is 11.7. The van der Waals surface area contributed by atoms with Gasteiger partial charge in [-0.15, -0.1) is 0 Å². The molecule has 0 aromatic heterocycles. The fourth-order valence-corrected chi connectivity index (χ4v) is 3.49. The van der Waals surface area contributed by atoms with Crippen molar-refractivity contribution in [2.24, 2.45) is 0 Å². The van der Waals surface area contributed by atoms with Gasteiger partial charge in [-0.1, -0.05) is 89.7 Å². The van der Waals surface area contributed by atoms with Gasteiger partial charge in [0.1, 0.15) is 12.3 Å². The molecule has 1 aromatic carbocycles. The summed E-state index contributed by atoms with van der Waals surface area (Å²) in [5.41, 5.74) is 0.606. The molecule has 0 N–H and O–H groups in total. The number of esters is 1. The van der Waals surface area contributed by atoms with Crippen LogP contribution in [0.1, 0.15) is 90.9 Å². The van der Waals surface area contributed by atoms with Gasteiger partial charge in [0, 0.05) is 6.92 Å². The Hall–Kier alpha value is -2.04. The number of carbonyl (C=O) groups excluding carboxylic acids is 2. The maximum Gasteiger partial charge on any atom is 0.325 e. The van der Waals surface area contributed by atoms with Crippen LogP contribution in [0.2, 0.25) is 0 Å². The SMILES string of the molecule is CCCCCCCCCCCCCCOc1ccccc1N(CC(=O)OC)C(C)=O. The monoisotopic (exact) mass is 419 g/mol. The second-order valence-corrected chi connectivity index (χ2v) is 7.89. The smallest absolute Gasteiger partial charge is 0.325 e. The molecular weight excluding hydrogens is 378 g/mol. The van der Waals surface area contributed by atoms with E-state index in [2.05, 4.69) is 6.92 Å². The number of methoxy groups -OCH3 is 1. The van der Waals surface area contributed by atoms with E-state index >= 15 is 0 Å². The third-order valence-electron chi connectivity index (χ3n) is 5.31. The van der Waals surface area contributed by atoms with E-state index in [0.717, 1.165) is 12.8 Å². The maximum absolute atomic E-state index is 12.0. The molecule has 0 aliphatic heterocycles. The van der Waals surface area contributed by atoms with E-state index in [-0.39, 0.29) is 12.5 Å². The predicted molar refractivity (Wildman–Crippen MR) is 123 cm³/mol. The van der Waals surface area contributed by atoms with Gasteiger partial charge < -0.3 is 9.47 Å². The molecular formula is C25H41NO4. The fourth-order valence-electron chi connectivity index (χ4n) is 3.49. The number of para-hydroxylation sites is 2. The highest BCUT2D eigenvalue weighted by molar-refractivity contribution is 5.97. The Morgan fingerprint density at radius 2 is 1.37 bits per heavy atom. The maximum atomic E-state index is 12.0. The number of amides is 1. The molecule has 1 aromatic rings. The lowest BCUT2D eigenvalue weighted by molar-refractivity contribution is -0.139. The average molecular weight is 420 g/mol. The van der Waals surface area contributed by atoms with E-state index in [1.54, 1.807) is 6.07 Å². The first kappa shape index (κ1) is 26.0. The Kier molecular flexibility index (Phi) is 14.5. The number of unbranched alkanes of at least 4 members (excludes halogenated alkanes) is 11. The van der Waals surface area contributed by atoms with Crippen LogP contribution in [0.3, 0.4) is 0 Å². The Labute approximate surface area is 183 Å². The highest BCUT2D eigenvalue weighted by atomic mass is 16.5. The molecule has 5 heteroatoms. The molecule has 170 valence electrons. The van der Waals surface area contributed by atoms with Gasteiger partial charge in [0.15, 0.2) is 0 Å². The lowest BCUT2D eigenvalue weighted by atomic mass is 10.1. The number of benzene rings is 1. The highest BCUT2D eigenvalue weighted by Crippen LogP contribution is 2.28. The summed E-state index contributed by atoms with van der Waals surface area (Å²) in [6, 6.07) is 7.34. The number of hydrogen-bond donors (Lipinski definition) is 0. The van der Waals surface area contributed by atoms with Crippen molar-refractivity contribution in [3.63, 3.8) is 0 Å². The zero-order chi connectivity index (χ0) is 22.0. The van der Waals surface area contributed by atoms with Crippen molar-refractivity contribution in [2.75, 3.05) is 25.2 Å². The molecule has 0 saturated carbocycles. The Bertz CT molecular complexity index is 603. The second-order valence-electron chi connectivity index (χ2n) is 7.89. The van der Waals surface area contributed by atoms with Gasteiger partial charge in [0.05, 0.1) is 19.4 Å². The van der Waals surface area contributed by atoms with Gasteiger partial charge >= 0.3 is 5.97 Å². The van der Waals surface area contributed by atoms with Crippen molar-refractivity contribution in [1.82, 2.24) is 0 Å². The van der Waals surface area contributed by atoms with Gasteiger partial charge in [0.25, 0.3) is 0 Å². The van der Waals surface area contributed by atoms with E-state index in [9.17, 15) is 9.59 Å². The molecule has 0 heterocycles. The number of nitrogens with zero attached hydrogens (tertiary/aromatic N) is 1.